The molecule has 0 unspecified atom stereocenters. The quantitative estimate of drug-likeness (QED) is 0.317. The predicted octanol–water partition coefficient (Wildman–Crippen LogP) is 4.82. The van der Waals surface area contributed by atoms with Crippen LogP contribution in [0.15, 0.2) is 84.9 Å². The van der Waals surface area contributed by atoms with Gasteiger partial charge in [0.15, 0.2) is 11.5 Å². The summed E-state index contributed by atoms with van der Waals surface area (Å²) in [6.45, 7) is 3.84. The summed E-state index contributed by atoms with van der Waals surface area (Å²) in [4.78, 5) is 20.5. The van der Waals surface area contributed by atoms with Crippen molar-refractivity contribution in [2.45, 2.75) is 19.6 Å². The Morgan fingerprint density at radius 3 is 2.49 bits per heavy atom. The smallest absolute Gasteiger partial charge is 0.274 e. The van der Waals surface area contributed by atoms with Gasteiger partial charge >= 0.3 is 0 Å². The van der Waals surface area contributed by atoms with Gasteiger partial charge in [-0.25, -0.2) is 4.98 Å². The molecule has 1 aliphatic rings. The first-order valence-electron chi connectivity index (χ1n) is 12.5. The lowest BCUT2D eigenvalue weighted by Crippen LogP contribution is -2.37. The third-order valence-electron chi connectivity index (χ3n) is 6.27. The highest BCUT2D eigenvalue weighted by molar-refractivity contribution is 6.30. The lowest BCUT2D eigenvalue weighted by Gasteiger charge is -2.22. The van der Waals surface area contributed by atoms with E-state index in [0.29, 0.717) is 62.4 Å². The van der Waals surface area contributed by atoms with Crippen LogP contribution in [0.25, 0.3) is 0 Å². The molecule has 0 fully saturated rings. The molecule has 0 aliphatic carbocycles. The number of halogens is 1. The number of rotatable bonds is 10. The van der Waals surface area contributed by atoms with Crippen molar-refractivity contribution in [2.24, 2.45) is 0 Å². The van der Waals surface area contributed by atoms with Gasteiger partial charge in [0.2, 0.25) is 0 Å². The zero-order chi connectivity index (χ0) is 25.5. The molecule has 1 aromatic heterocycles. The van der Waals surface area contributed by atoms with Gasteiger partial charge in [-0.15, -0.1) is 0 Å². The van der Waals surface area contributed by atoms with Gasteiger partial charge < -0.3 is 24.8 Å². The fraction of sp³-hybridized carbons (Fsp3) is 0.241. The molecule has 0 saturated carbocycles. The van der Waals surface area contributed by atoms with E-state index in [4.69, 9.17) is 21.3 Å². The van der Waals surface area contributed by atoms with Gasteiger partial charge in [0.25, 0.3) is 5.91 Å². The molecule has 7 nitrogen and oxygen atoms in total. The van der Waals surface area contributed by atoms with Gasteiger partial charge in [-0.05, 0) is 35.4 Å². The fourth-order valence-electron chi connectivity index (χ4n) is 4.44. The molecule has 190 valence electrons. The standard InChI is InChI=1S/C29H30ClN5O2/c30-24-11-7-10-23(18-24)19-31-20-26-33-28-27(35(26)21-22-8-3-1-4-9-22)29(36)34(15-14-32-28)16-17-37-25-12-5-2-6-13-25/h1-13,18,31-32H,14-17,19-21H2. The predicted molar refractivity (Wildman–Crippen MR) is 146 cm³/mol. The number of nitrogens with one attached hydrogen (secondary N) is 2. The van der Waals surface area contributed by atoms with Crippen LogP contribution >= 0.6 is 11.6 Å². The van der Waals surface area contributed by atoms with Crippen molar-refractivity contribution in [2.75, 3.05) is 31.6 Å². The second kappa shape index (κ2) is 12.0. The minimum atomic E-state index is -0.0406. The molecule has 0 saturated heterocycles. The third kappa shape index (κ3) is 6.31. The number of amides is 1. The molecule has 0 bridgehead atoms. The Morgan fingerprint density at radius 1 is 0.946 bits per heavy atom. The summed E-state index contributed by atoms with van der Waals surface area (Å²) in [5, 5.41) is 7.55. The minimum absolute atomic E-state index is 0.0406. The SMILES string of the molecule is O=C1c2c(nc(CNCc3cccc(Cl)c3)n2Cc2ccccc2)NCCN1CCOc1ccccc1. The highest BCUT2D eigenvalue weighted by atomic mass is 35.5. The number of carbonyl (C=O) groups is 1. The van der Waals surface area contributed by atoms with E-state index >= 15 is 0 Å². The second-order valence-electron chi connectivity index (χ2n) is 8.91. The van der Waals surface area contributed by atoms with Crippen molar-refractivity contribution >= 4 is 23.3 Å². The lowest BCUT2D eigenvalue weighted by atomic mass is 10.2. The monoisotopic (exact) mass is 515 g/mol. The van der Waals surface area contributed by atoms with Crippen LogP contribution < -0.4 is 15.4 Å². The maximum Gasteiger partial charge on any atom is 0.274 e. The number of hydrogen-bond acceptors (Lipinski definition) is 5. The topological polar surface area (TPSA) is 71.4 Å². The lowest BCUT2D eigenvalue weighted by molar-refractivity contribution is 0.0732. The van der Waals surface area contributed by atoms with E-state index in [1.807, 2.05) is 82.3 Å². The number of nitrogens with zero attached hydrogens (tertiary/aromatic N) is 3. The Balaban J connectivity index is 1.35. The van der Waals surface area contributed by atoms with E-state index in [-0.39, 0.29) is 5.91 Å². The highest BCUT2D eigenvalue weighted by Crippen LogP contribution is 2.24. The van der Waals surface area contributed by atoms with Crippen LogP contribution in [0.1, 0.15) is 27.4 Å². The van der Waals surface area contributed by atoms with Gasteiger partial charge in [0.1, 0.15) is 18.2 Å². The molecule has 1 aliphatic heterocycles. The van der Waals surface area contributed by atoms with Crippen molar-refractivity contribution < 1.29 is 9.53 Å². The van der Waals surface area contributed by atoms with Crippen LogP contribution in [-0.2, 0) is 19.6 Å². The molecule has 4 aromatic rings. The Bertz CT molecular complexity index is 1330. The molecular weight excluding hydrogens is 486 g/mol. The molecule has 37 heavy (non-hydrogen) atoms. The van der Waals surface area contributed by atoms with Crippen LogP contribution in [0.3, 0.4) is 0 Å². The summed E-state index contributed by atoms with van der Waals surface area (Å²) < 4.78 is 7.89. The molecule has 0 radical (unpaired) electrons. The van der Waals surface area contributed by atoms with Gasteiger partial charge in [-0.2, -0.15) is 0 Å². The maximum atomic E-state index is 13.8. The number of hydrogen-bond donors (Lipinski definition) is 2. The molecule has 8 heteroatoms. The molecule has 3 aromatic carbocycles. The van der Waals surface area contributed by atoms with Crippen LogP contribution in [0.2, 0.25) is 5.02 Å². The van der Waals surface area contributed by atoms with Gasteiger partial charge in [-0.1, -0.05) is 72.3 Å². The average molecular weight is 516 g/mol. The zero-order valence-corrected chi connectivity index (χ0v) is 21.3. The number of para-hydroxylation sites is 1. The first kappa shape index (κ1) is 24.9. The number of anilines is 1. The summed E-state index contributed by atoms with van der Waals surface area (Å²) in [7, 11) is 0. The van der Waals surface area contributed by atoms with Crippen molar-refractivity contribution in [1.29, 1.82) is 0 Å². The first-order valence-corrected chi connectivity index (χ1v) is 12.8. The minimum Gasteiger partial charge on any atom is -0.492 e. The van der Waals surface area contributed by atoms with E-state index in [0.717, 1.165) is 22.7 Å². The Hall–Kier alpha value is -3.81. The molecule has 0 atom stereocenters. The van der Waals surface area contributed by atoms with Crippen LogP contribution in [0, 0.1) is 0 Å². The number of imidazole rings is 1. The molecule has 0 spiro atoms. The maximum absolute atomic E-state index is 13.8. The van der Waals surface area contributed by atoms with Crippen molar-refractivity contribution in [3.63, 3.8) is 0 Å². The van der Waals surface area contributed by atoms with E-state index in [9.17, 15) is 4.79 Å². The number of benzene rings is 3. The molecule has 2 N–H and O–H groups in total. The third-order valence-corrected chi connectivity index (χ3v) is 6.50. The Labute approximate surface area is 222 Å². The van der Waals surface area contributed by atoms with E-state index in [1.54, 1.807) is 0 Å². The van der Waals surface area contributed by atoms with Gasteiger partial charge in [0, 0.05) is 31.2 Å². The molecule has 5 rings (SSSR count). The highest BCUT2D eigenvalue weighted by Gasteiger charge is 2.29. The van der Waals surface area contributed by atoms with E-state index in [2.05, 4.69) is 22.8 Å². The van der Waals surface area contributed by atoms with Crippen molar-refractivity contribution in [3.8, 4) is 5.75 Å². The normalized spacial score (nSPS) is 13.1. The molecule has 1 amide bonds. The Morgan fingerprint density at radius 2 is 1.70 bits per heavy atom. The summed E-state index contributed by atoms with van der Waals surface area (Å²) in [6, 6.07) is 27.6. The average Bonchev–Trinajstić information content (AvgIpc) is 3.16. The molecule has 2 heterocycles. The number of carbonyl (C=O) groups excluding carboxylic acids is 1. The fourth-order valence-corrected chi connectivity index (χ4v) is 4.65. The summed E-state index contributed by atoms with van der Waals surface area (Å²) in [5.74, 6) is 2.19. The van der Waals surface area contributed by atoms with Gasteiger partial charge in [-0.3, -0.25) is 4.79 Å². The van der Waals surface area contributed by atoms with Crippen LogP contribution in [0.4, 0.5) is 5.82 Å². The molecular formula is C29H30ClN5O2. The summed E-state index contributed by atoms with van der Waals surface area (Å²) in [6.07, 6.45) is 0. The summed E-state index contributed by atoms with van der Waals surface area (Å²) >= 11 is 6.14. The van der Waals surface area contributed by atoms with Gasteiger partial charge in [0.05, 0.1) is 13.1 Å². The van der Waals surface area contributed by atoms with E-state index in [1.165, 1.54) is 0 Å². The number of fused-ring (bicyclic) bond motifs is 1. The second-order valence-corrected chi connectivity index (χ2v) is 9.35. The zero-order valence-electron chi connectivity index (χ0n) is 20.6. The number of aromatic nitrogens is 2. The largest absolute Gasteiger partial charge is 0.492 e. The Kier molecular flexibility index (Phi) is 8.03. The van der Waals surface area contributed by atoms with Crippen molar-refractivity contribution in [3.05, 3.63) is 113 Å². The van der Waals surface area contributed by atoms with Crippen LogP contribution in [-0.4, -0.2) is 46.6 Å². The van der Waals surface area contributed by atoms with E-state index < -0.39 is 0 Å². The first-order chi connectivity index (χ1) is 18.2. The van der Waals surface area contributed by atoms with Crippen LogP contribution in [0.5, 0.6) is 5.75 Å². The number of ether oxygens (including phenoxy) is 1. The van der Waals surface area contributed by atoms with Crippen molar-refractivity contribution in [1.82, 2.24) is 19.8 Å². The summed E-state index contributed by atoms with van der Waals surface area (Å²) in [5.41, 5.74) is 2.78.